The van der Waals surface area contributed by atoms with E-state index in [1.165, 1.54) is 42.2 Å². The van der Waals surface area contributed by atoms with Crippen LogP contribution in [0.1, 0.15) is 5.56 Å². The Kier molecular flexibility index (Phi) is 3.19. The average molecular weight is 377 g/mol. The van der Waals surface area contributed by atoms with Crippen LogP contribution >= 0.6 is 11.3 Å². The van der Waals surface area contributed by atoms with E-state index in [1.54, 1.807) is 0 Å². The van der Waals surface area contributed by atoms with Crippen molar-refractivity contribution in [3.05, 3.63) is 48.2 Å². The van der Waals surface area contributed by atoms with Gasteiger partial charge in [-0.2, -0.15) is 4.57 Å². The molecule has 0 N–H and O–H groups in total. The fraction of sp³-hybridized carbons (Fsp3) is 0.227. The molecular weight excluding hydrogens is 354 g/mol. The van der Waals surface area contributed by atoms with Gasteiger partial charge in [-0.25, -0.2) is 0 Å². The van der Waals surface area contributed by atoms with Crippen LogP contribution in [0.2, 0.25) is 19.6 Å². The van der Waals surface area contributed by atoms with Gasteiger partial charge in [0.1, 0.15) is 12.8 Å². The third-order valence-electron chi connectivity index (χ3n) is 5.27. The van der Waals surface area contributed by atoms with Gasteiger partial charge in [0.15, 0.2) is 6.20 Å². The number of rotatable bonds is 1. The van der Waals surface area contributed by atoms with Crippen molar-refractivity contribution < 1.29 is 9.30 Å². The van der Waals surface area contributed by atoms with Crippen LogP contribution in [-0.4, -0.2) is 8.07 Å². The zero-order valence-electron chi connectivity index (χ0n) is 15.8. The zero-order chi connectivity index (χ0) is 18.2. The Balaban J connectivity index is 1.94. The number of hydrogen-bond donors (Lipinski definition) is 0. The minimum atomic E-state index is -1.36. The topological polar surface area (TPSA) is 13.1 Å². The summed E-state index contributed by atoms with van der Waals surface area (Å²) < 4.78 is 11.6. The van der Waals surface area contributed by atoms with Gasteiger partial charge in [-0.1, -0.05) is 43.9 Å². The van der Waals surface area contributed by atoms with Crippen LogP contribution in [0.5, 0.6) is 11.5 Å². The largest absolute Gasteiger partial charge is 0.448 e. The summed E-state index contributed by atoms with van der Waals surface area (Å²) in [7, 11) is 0.782. The van der Waals surface area contributed by atoms with Crippen LogP contribution in [0, 0.1) is 6.92 Å². The van der Waals surface area contributed by atoms with E-state index in [1.807, 2.05) is 11.3 Å². The maximum absolute atomic E-state index is 6.53. The maximum atomic E-state index is 6.53. The lowest BCUT2D eigenvalue weighted by molar-refractivity contribution is -0.659. The number of hydrogen-bond acceptors (Lipinski definition) is 2. The van der Waals surface area contributed by atoms with Gasteiger partial charge in [0, 0.05) is 5.39 Å². The fourth-order valence-corrected chi connectivity index (χ4v) is 6.91. The van der Waals surface area contributed by atoms with Gasteiger partial charge in [-0.05, 0) is 34.5 Å². The number of ether oxygens (including phenoxy) is 1. The molecule has 2 aromatic heterocycles. The van der Waals surface area contributed by atoms with Crippen LogP contribution in [0.25, 0.3) is 32.1 Å². The predicted molar refractivity (Wildman–Crippen MR) is 114 cm³/mol. The molecule has 3 heterocycles. The maximum Gasteiger partial charge on any atom is 0.257 e. The first-order valence-corrected chi connectivity index (χ1v) is 13.3. The Hall–Kier alpha value is -2.17. The molecule has 0 atom stereocenters. The highest BCUT2D eigenvalue weighted by Crippen LogP contribution is 2.49. The standard InChI is InChI=1S/C22H22NOSSi/c1-13-9-10-14-7-6-8-16-19(14)18(13)20-21(24-16)22-15(12-23(20)2)11-17(25-22)26(3,4)5/h6-12H,1-5H3/q+1. The summed E-state index contributed by atoms with van der Waals surface area (Å²) in [5.41, 5.74) is 3.81. The molecule has 2 aromatic carbocycles. The summed E-state index contributed by atoms with van der Waals surface area (Å²) in [6, 6.07) is 13.2. The van der Waals surface area contributed by atoms with E-state index in [0.717, 1.165) is 11.5 Å². The van der Waals surface area contributed by atoms with E-state index in [2.05, 4.69) is 80.8 Å². The van der Waals surface area contributed by atoms with Gasteiger partial charge in [-0.15, -0.1) is 11.3 Å². The van der Waals surface area contributed by atoms with Gasteiger partial charge >= 0.3 is 0 Å². The molecule has 0 radical (unpaired) electrons. The predicted octanol–water partition coefficient (Wildman–Crippen LogP) is 5.51. The number of nitrogens with zero attached hydrogens (tertiary/aromatic N) is 1. The molecule has 0 unspecified atom stereocenters. The first-order chi connectivity index (χ1) is 12.3. The number of benzene rings is 2. The molecule has 26 heavy (non-hydrogen) atoms. The third-order valence-corrected chi connectivity index (χ3v) is 10.0. The van der Waals surface area contributed by atoms with Crippen molar-refractivity contribution in [2.75, 3.05) is 0 Å². The normalized spacial score (nSPS) is 13.1. The highest BCUT2D eigenvalue weighted by Gasteiger charge is 2.33. The lowest BCUT2D eigenvalue weighted by Crippen LogP contribution is -2.34. The Bertz CT molecular complexity index is 1220. The summed E-state index contributed by atoms with van der Waals surface area (Å²) in [6.07, 6.45) is 2.27. The quantitative estimate of drug-likeness (QED) is 0.278. The van der Waals surface area contributed by atoms with Crippen molar-refractivity contribution in [1.82, 2.24) is 0 Å². The highest BCUT2D eigenvalue weighted by atomic mass is 32.1. The Morgan fingerprint density at radius 1 is 1.04 bits per heavy atom. The number of aromatic nitrogens is 1. The number of fused-ring (bicyclic) bond motifs is 4. The van der Waals surface area contributed by atoms with Crippen molar-refractivity contribution in [3.8, 4) is 22.8 Å². The summed E-state index contributed by atoms with van der Waals surface area (Å²) in [5, 5.41) is 3.76. The molecule has 0 aliphatic carbocycles. The van der Waals surface area contributed by atoms with E-state index in [-0.39, 0.29) is 0 Å². The van der Waals surface area contributed by atoms with Crippen molar-refractivity contribution >= 4 is 44.8 Å². The molecule has 0 saturated heterocycles. The van der Waals surface area contributed by atoms with E-state index < -0.39 is 8.07 Å². The van der Waals surface area contributed by atoms with E-state index in [0.29, 0.717) is 0 Å². The molecule has 1 aliphatic heterocycles. The van der Waals surface area contributed by atoms with Crippen LogP contribution in [0.3, 0.4) is 0 Å². The molecule has 1 aliphatic rings. The van der Waals surface area contributed by atoms with Crippen molar-refractivity contribution in [2.24, 2.45) is 7.05 Å². The SMILES string of the molecule is Cc1ccc2cccc3c2c1-c1c(c2sc([Si](C)(C)C)cc2c[n+]1C)O3. The Morgan fingerprint density at radius 2 is 1.85 bits per heavy atom. The molecular formula is C22H22NOSSi+. The van der Waals surface area contributed by atoms with Crippen molar-refractivity contribution in [3.63, 3.8) is 0 Å². The summed E-state index contributed by atoms with van der Waals surface area (Å²) in [4.78, 5) is 0. The van der Waals surface area contributed by atoms with Gasteiger partial charge < -0.3 is 4.74 Å². The lowest BCUT2D eigenvalue weighted by Gasteiger charge is -2.20. The van der Waals surface area contributed by atoms with Gasteiger partial charge in [-0.3, -0.25) is 0 Å². The highest BCUT2D eigenvalue weighted by molar-refractivity contribution is 7.31. The van der Waals surface area contributed by atoms with E-state index in [9.17, 15) is 0 Å². The first-order valence-electron chi connectivity index (χ1n) is 9.02. The smallest absolute Gasteiger partial charge is 0.257 e. The first kappa shape index (κ1) is 16.0. The summed E-state index contributed by atoms with van der Waals surface area (Å²) >= 11 is 1.92. The average Bonchev–Trinajstić information content (AvgIpc) is 3.02. The molecule has 0 saturated carbocycles. The molecule has 2 nitrogen and oxygen atoms in total. The zero-order valence-corrected chi connectivity index (χ0v) is 17.6. The minimum absolute atomic E-state index is 0.976. The summed E-state index contributed by atoms with van der Waals surface area (Å²) in [6.45, 7) is 9.42. The van der Waals surface area contributed by atoms with E-state index >= 15 is 0 Å². The van der Waals surface area contributed by atoms with Crippen LogP contribution in [0.4, 0.5) is 0 Å². The van der Waals surface area contributed by atoms with Gasteiger partial charge in [0.05, 0.1) is 23.7 Å². The number of aryl methyl sites for hydroxylation is 2. The van der Waals surface area contributed by atoms with E-state index in [4.69, 9.17) is 4.74 Å². The van der Waals surface area contributed by atoms with Gasteiger partial charge in [0.25, 0.3) is 5.69 Å². The lowest BCUT2D eigenvalue weighted by atomic mass is 9.93. The molecule has 4 heteroatoms. The Morgan fingerprint density at radius 3 is 2.62 bits per heavy atom. The van der Waals surface area contributed by atoms with Crippen LogP contribution < -0.4 is 13.8 Å². The van der Waals surface area contributed by atoms with Crippen molar-refractivity contribution in [1.29, 1.82) is 0 Å². The molecule has 0 bridgehead atoms. The molecule has 130 valence electrons. The number of thiophene rings is 1. The minimum Gasteiger partial charge on any atom is -0.448 e. The fourth-order valence-electron chi connectivity index (χ4n) is 3.92. The number of pyridine rings is 1. The second kappa shape index (κ2) is 5.18. The monoisotopic (exact) mass is 376 g/mol. The molecule has 0 fully saturated rings. The second-order valence-corrected chi connectivity index (χ2v) is 14.7. The molecule has 0 amide bonds. The third kappa shape index (κ3) is 2.12. The van der Waals surface area contributed by atoms with Gasteiger partial charge in [0.2, 0.25) is 5.75 Å². The van der Waals surface area contributed by atoms with Crippen LogP contribution in [-0.2, 0) is 7.05 Å². The second-order valence-electron chi connectivity index (χ2n) is 8.28. The molecule has 0 spiro atoms. The molecule has 4 aromatic rings. The Labute approximate surface area is 158 Å². The summed E-state index contributed by atoms with van der Waals surface area (Å²) in [5.74, 6) is 2.00. The molecule has 5 rings (SSSR count). The van der Waals surface area contributed by atoms with Crippen LogP contribution in [0.15, 0.2) is 42.6 Å². The van der Waals surface area contributed by atoms with Crippen molar-refractivity contribution in [2.45, 2.75) is 26.6 Å².